The minimum absolute atomic E-state index is 0.503. The molecule has 0 radical (unpaired) electrons. The molecule has 1 atom stereocenters. The molecular formula is C13H18ClNO2. The van der Waals surface area contributed by atoms with Gasteiger partial charge in [0.05, 0.1) is 0 Å². The van der Waals surface area contributed by atoms with Crippen molar-refractivity contribution in [1.29, 1.82) is 0 Å². The molecule has 0 aliphatic rings. The minimum atomic E-state index is -0.797. The Kier molecular flexibility index (Phi) is 4.82. The van der Waals surface area contributed by atoms with Gasteiger partial charge in [0, 0.05) is 17.3 Å². The maximum Gasteiger partial charge on any atom is 0.326 e. The molecule has 1 N–H and O–H groups in total. The summed E-state index contributed by atoms with van der Waals surface area (Å²) in [5, 5.41) is 9.85. The van der Waals surface area contributed by atoms with E-state index in [1.54, 1.807) is 0 Å². The fraction of sp³-hybridized carbons (Fsp3) is 0.462. The molecule has 1 aromatic carbocycles. The van der Waals surface area contributed by atoms with Crippen molar-refractivity contribution in [3.8, 4) is 0 Å². The first-order valence-corrected chi connectivity index (χ1v) is 6.14. The van der Waals surface area contributed by atoms with Gasteiger partial charge in [0.25, 0.3) is 0 Å². The lowest BCUT2D eigenvalue weighted by molar-refractivity contribution is -0.138. The Morgan fingerprint density at radius 1 is 1.47 bits per heavy atom. The number of likely N-dealkylation sites (N-methyl/N-ethyl adjacent to an activating group) is 1. The summed E-state index contributed by atoms with van der Waals surface area (Å²) in [4.78, 5) is 13.1. The van der Waals surface area contributed by atoms with Crippen LogP contribution in [-0.2, 0) is 4.79 Å². The molecule has 0 bridgehead atoms. The zero-order valence-electron chi connectivity index (χ0n) is 10.4. The van der Waals surface area contributed by atoms with Crippen molar-refractivity contribution in [3.63, 3.8) is 0 Å². The fourth-order valence-corrected chi connectivity index (χ4v) is 2.15. The van der Waals surface area contributed by atoms with Crippen LogP contribution in [0.3, 0.4) is 0 Å². The third kappa shape index (κ3) is 3.13. The highest BCUT2D eigenvalue weighted by atomic mass is 35.5. The number of hydrogen-bond donors (Lipinski definition) is 1. The van der Waals surface area contributed by atoms with Crippen LogP contribution < -0.4 is 4.90 Å². The first-order valence-electron chi connectivity index (χ1n) is 5.76. The highest BCUT2D eigenvalue weighted by Crippen LogP contribution is 2.26. The predicted molar refractivity (Wildman–Crippen MR) is 70.9 cm³/mol. The normalized spacial score (nSPS) is 12.2. The van der Waals surface area contributed by atoms with Gasteiger partial charge in [-0.05, 0) is 38.0 Å². The molecule has 1 aromatic rings. The standard InChI is InChI=1S/C13H18ClNO2/c1-4-11(13(16)17)15(5-2)12-8-10(14)7-6-9(12)3/h6-8,11H,4-5H2,1-3H3,(H,16,17)/t11-/m0/s1. The molecule has 0 saturated heterocycles. The third-order valence-corrected chi connectivity index (χ3v) is 3.10. The topological polar surface area (TPSA) is 40.5 Å². The van der Waals surface area contributed by atoms with E-state index in [2.05, 4.69) is 0 Å². The molecule has 0 spiro atoms. The average molecular weight is 256 g/mol. The zero-order chi connectivity index (χ0) is 13.0. The number of rotatable bonds is 5. The van der Waals surface area contributed by atoms with Gasteiger partial charge < -0.3 is 10.0 Å². The van der Waals surface area contributed by atoms with Crippen molar-refractivity contribution in [1.82, 2.24) is 0 Å². The highest BCUT2D eigenvalue weighted by Gasteiger charge is 2.23. The summed E-state index contributed by atoms with van der Waals surface area (Å²) in [6.07, 6.45) is 0.565. The molecule has 3 nitrogen and oxygen atoms in total. The molecular weight excluding hydrogens is 238 g/mol. The van der Waals surface area contributed by atoms with Gasteiger partial charge in [-0.2, -0.15) is 0 Å². The van der Waals surface area contributed by atoms with Gasteiger partial charge in [0.15, 0.2) is 0 Å². The minimum Gasteiger partial charge on any atom is -0.480 e. The van der Waals surface area contributed by atoms with E-state index in [-0.39, 0.29) is 0 Å². The average Bonchev–Trinajstić information content (AvgIpc) is 2.28. The van der Waals surface area contributed by atoms with E-state index >= 15 is 0 Å². The number of nitrogens with zero attached hydrogens (tertiary/aromatic N) is 1. The Bertz CT molecular complexity index is 406. The molecule has 0 heterocycles. The van der Waals surface area contributed by atoms with Gasteiger partial charge in [-0.1, -0.05) is 24.6 Å². The van der Waals surface area contributed by atoms with Crippen LogP contribution in [0.25, 0.3) is 0 Å². The van der Waals surface area contributed by atoms with Crippen LogP contribution in [0.4, 0.5) is 5.69 Å². The molecule has 0 aromatic heterocycles. The highest BCUT2D eigenvalue weighted by molar-refractivity contribution is 6.30. The summed E-state index contributed by atoms with van der Waals surface area (Å²) in [6, 6.07) is 5.05. The molecule has 0 saturated carbocycles. The van der Waals surface area contributed by atoms with Crippen molar-refractivity contribution < 1.29 is 9.90 Å². The van der Waals surface area contributed by atoms with Crippen molar-refractivity contribution in [2.75, 3.05) is 11.4 Å². The van der Waals surface area contributed by atoms with E-state index in [9.17, 15) is 9.90 Å². The van der Waals surface area contributed by atoms with Crippen LogP contribution in [0.1, 0.15) is 25.8 Å². The van der Waals surface area contributed by atoms with Crippen LogP contribution in [0, 0.1) is 6.92 Å². The van der Waals surface area contributed by atoms with Crippen molar-refractivity contribution >= 4 is 23.3 Å². The first kappa shape index (κ1) is 13.8. The zero-order valence-corrected chi connectivity index (χ0v) is 11.2. The maximum atomic E-state index is 11.2. The third-order valence-electron chi connectivity index (χ3n) is 2.87. The summed E-state index contributed by atoms with van der Waals surface area (Å²) in [6.45, 7) is 6.43. The molecule has 0 aliphatic carbocycles. The van der Waals surface area contributed by atoms with E-state index < -0.39 is 12.0 Å². The predicted octanol–water partition coefficient (Wildman–Crippen LogP) is 3.34. The van der Waals surface area contributed by atoms with Crippen molar-refractivity contribution in [2.45, 2.75) is 33.2 Å². The molecule has 0 aliphatic heterocycles. The number of anilines is 1. The van der Waals surface area contributed by atoms with Crippen LogP contribution in [0.15, 0.2) is 18.2 Å². The van der Waals surface area contributed by atoms with Gasteiger partial charge in [0.1, 0.15) is 6.04 Å². The Morgan fingerprint density at radius 2 is 2.12 bits per heavy atom. The summed E-state index contributed by atoms with van der Waals surface area (Å²) < 4.78 is 0. The quantitative estimate of drug-likeness (QED) is 0.877. The second-order valence-corrected chi connectivity index (χ2v) is 4.42. The van der Waals surface area contributed by atoms with Crippen LogP contribution >= 0.6 is 11.6 Å². The molecule has 0 amide bonds. The molecule has 0 fully saturated rings. The number of aryl methyl sites for hydroxylation is 1. The number of carboxylic acids is 1. The molecule has 94 valence electrons. The molecule has 0 unspecified atom stereocenters. The summed E-state index contributed by atoms with van der Waals surface area (Å²) in [7, 11) is 0. The number of carboxylic acid groups (broad SMARTS) is 1. The van der Waals surface area contributed by atoms with Gasteiger partial charge in [-0.15, -0.1) is 0 Å². The van der Waals surface area contributed by atoms with Gasteiger partial charge in [0.2, 0.25) is 0 Å². The van der Waals surface area contributed by atoms with E-state index in [1.807, 2.05) is 43.9 Å². The second kappa shape index (κ2) is 5.92. The van der Waals surface area contributed by atoms with Gasteiger partial charge >= 0.3 is 5.97 Å². The number of benzene rings is 1. The first-order chi connectivity index (χ1) is 8.01. The Labute approximate surface area is 107 Å². The number of aliphatic carboxylic acids is 1. The Morgan fingerprint density at radius 3 is 2.59 bits per heavy atom. The largest absolute Gasteiger partial charge is 0.480 e. The molecule has 17 heavy (non-hydrogen) atoms. The van der Waals surface area contributed by atoms with E-state index in [4.69, 9.17) is 11.6 Å². The van der Waals surface area contributed by atoms with E-state index in [0.29, 0.717) is 18.0 Å². The second-order valence-electron chi connectivity index (χ2n) is 3.98. The molecule has 1 rings (SSSR count). The molecule has 4 heteroatoms. The Hall–Kier alpha value is -1.22. The van der Waals surface area contributed by atoms with Crippen LogP contribution in [-0.4, -0.2) is 23.7 Å². The smallest absolute Gasteiger partial charge is 0.326 e. The summed E-state index contributed by atoms with van der Waals surface area (Å²) in [5.74, 6) is -0.797. The number of halogens is 1. The van der Waals surface area contributed by atoms with Crippen LogP contribution in [0.5, 0.6) is 0 Å². The monoisotopic (exact) mass is 255 g/mol. The van der Waals surface area contributed by atoms with Crippen molar-refractivity contribution in [3.05, 3.63) is 28.8 Å². The fourth-order valence-electron chi connectivity index (χ4n) is 1.98. The lowest BCUT2D eigenvalue weighted by Gasteiger charge is -2.30. The number of carbonyl (C=O) groups is 1. The number of hydrogen-bond acceptors (Lipinski definition) is 2. The van der Waals surface area contributed by atoms with E-state index in [1.165, 1.54) is 0 Å². The van der Waals surface area contributed by atoms with Gasteiger partial charge in [-0.3, -0.25) is 0 Å². The van der Waals surface area contributed by atoms with Crippen molar-refractivity contribution in [2.24, 2.45) is 0 Å². The SMILES string of the molecule is CC[C@@H](C(=O)O)N(CC)c1cc(Cl)ccc1C. The van der Waals surface area contributed by atoms with Crippen LogP contribution in [0.2, 0.25) is 5.02 Å². The lowest BCUT2D eigenvalue weighted by atomic mass is 10.1. The van der Waals surface area contributed by atoms with E-state index in [0.717, 1.165) is 11.3 Å². The van der Waals surface area contributed by atoms with Gasteiger partial charge in [-0.25, -0.2) is 4.79 Å². The summed E-state index contributed by atoms with van der Waals surface area (Å²) in [5.41, 5.74) is 1.94. The Balaban J connectivity index is 3.16. The maximum absolute atomic E-state index is 11.2. The summed E-state index contributed by atoms with van der Waals surface area (Å²) >= 11 is 5.97. The lowest BCUT2D eigenvalue weighted by Crippen LogP contribution is -2.41.